The number of amides is 1. The number of halogens is 1. The Labute approximate surface area is 198 Å². The zero-order chi connectivity index (χ0) is 24.0. The van der Waals surface area contributed by atoms with Gasteiger partial charge in [0.1, 0.15) is 12.3 Å². The van der Waals surface area contributed by atoms with Crippen molar-refractivity contribution in [1.82, 2.24) is 5.43 Å². The van der Waals surface area contributed by atoms with Crippen LogP contribution in [0.15, 0.2) is 76.7 Å². The molecule has 0 radical (unpaired) electrons. The van der Waals surface area contributed by atoms with E-state index in [-0.39, 0.29) is 10.6 Å². The SMILES string of the molecule is COc1ccc(C)cc1N(CC(=O)N/N=C\c1ccc(Cl)cc1)S(=O)(=O)c1ccc(C)cc1. The van der Waals surface area contributed by atoms with Crippen LogP contribution >= 0.6 is 11.6 Å². The number of hydrogen-bond donors (Lipinski definition) is 1. The van der Waals surface area contributed by atoms with Crippen LogP contribution in [0.25, 0.3) is 0 Å². The van der Waals surface area contributed by atoms with E-state index in [1.54, 1.807) is 54.6 Å². The van der Waals surface area contributed by atoms with Crippen molar-refractivity contribution in [2.24, 2.45) is 5.10 Å². The predicted octanol–water partition coefficient (Wildman–Crippen LogP) is 4.31. The number of nitrogens with zero attached hydrogens (tertiary/aromatic N) is 2. The third kappa shape index (κ3) is 6.12. The highest BCUT2D eigenvalue weighted by Crippen LogP contribution is 2.33. The Hall–Kier alpha value is -3.36. The normalized spacial score (nSPS) is 11.4. The molecule has 0 unspecified atom stereocenters. The zero-order valence-electron chi connectivity index (χ0n) is 18.4. The summed E-state index contributed by atoms with van der Waals surface area (Å²) in [5.41, 5.74) is 5.10. The largest absolute Gasteiger partial charge is 0.495 e. The van der Waals surface area contributed by atoms with Crippen molar-refractivity contribution in [2.45, 2.75) is 18.7 Å². The lowest BCUT2D eigenvalue weighted by Crippen LogP contribution is -2.39. The second-order valence-electron chi connectivity index (χ2n) is 7.34. The third-order valence-corrected chi connectivity index (χ3v) is 6.80. The minimum atomic E-state index is -4.07. The van der Waals surface area contributed by atoms with Crippen molar-refractivity contribution in [1.29, 1.82) is 0 Å². The van der Waals surface area contributed by atoms with Crippen molar-refractivity contribution in [3.63, 3.8) is 0 Å². The summed E-state index contributed by atoms with van der Waals surface area (Å²) in [6.45, 7) is 3.20. The third-order valence-electron chi connectivity index (χ3n) is 4.77. The number of hydrogen-bond acceptors (Lipinski definition) is 5. The zero-order valence-corrected chi connectivity index (χ0v) is 20.0. The van der Waals surface area contributed by atoms with Crippen LogP contribution in [0.5, 0.6) is 5.75 Å². The summed E-state index contributed by atoms with van der Waals surface area (Å²) in [7, 11) is -2.63. The summed E-state index contributed by atoms with van der Waals surface area (Å²) in [4.78, 5) is 12.8. The first-order valence-corrected chi connectivity index (χ1v) is 11.8. The van der Waals surface area contributed by atoms with Gasteiger partial charge < -0.3 is 4.74 Å². The van der Waals surface area contributed by atoms with Crippen LogP contribution in [0.3, 0.4) is 0 Å². The van der Waals surface area contributed by atoms with E-state index in [2.05, 4.69) is 10.5 Å². The molecule has 0 spiro atoms. The molecule has 0 saturated heterocycles. The molecule has 0 aliphatic rings. The summed E-state index contributed by atoms with van der Waals surface area (Å²) >= 11 is 5.86. The molecule has 0 aliphatic heterocycles. The molecule has 9 heteroatoms. The molecular weight excluding hydrogens is 462 g/mol. The molecule has 3 aromatic carbocycles. The molecule has 172 valence electrons. The number of anilines is 1. The molecule has 0 aromatic heterocycles. The molecule has 0 atom stereocenters. The molecule has 7 nitrogen and oxygen atoms in total. The maximum atomic E-state index is 13.5. The molecule has 1 amide bonds. The van der Waals surface area contributed by atoms with Crippen LogP contribution in [-0.2, 0) is 14.8 Å². The summed E-state index contributed by atoms with van der Waals surface area (Å²) in [6.07, 6.45) is 1.44. The minimum Gasteiger partial charge on any atom is -0.495 e. The molecule has 0 fully saturated rings. The fraction of sp³-hybridized carbons (Fsp3) is 0.167. The lowest BCUT2D eigenvalue weighted by atomic mass is 10.2. The maximum absolute atomic E-state index is 13.5. The van der Waals surface area contributed by atoms with E-state index in [0.29, 0.717) is 10.8 Å². The van der Waals surface area contributed by atoms with Crippen LogP contribution in [0, 0.1) is 13.8 Å². The summed E-state index contributed by atoms with van der Waals surface area (Å²) < 4.78 is 33.5. The topological polar surface area (TPSA) is 88.1 Å². The van der Waals surface area contributed by atoms with Crippen LogP contribution in [-0.4, -0.2) is 34.2 Å². The molecule has 0 saturated carbocycles. The van der Waals surface area contributed by atoms with Crippen molar-refractivity contribution >= 4 is 39.4 Å². The van der Waals surface area contributed by atoms with Crippen molar-refractivity contribution in [2.75, 3.05) is 18.0 Å². The Morgan fingerprint density at radius 1 is 1.03 bits per heavy atom. The summed E-state index contributed by atoms with van der Waals surface area (Å²) in [5, 5.41) is 4.51. The van der Waals surface area contributed by atoms with Gasteiger partial charge in [0.15, 0.2) is 0 Å². The van der Waals surface area contributed by atoms with E-state index >= 15 is 0 Å². The number of nitrogens with one attached hydrogen (secondary N) is 1. The highest BCUT2D eigenvalue weighted by molar-refractivity contribution is 7.92. The van der Waals surface area contributed by atoms with Crippen molar-refractivity contribution < 1.29 is 17.9 Å². The lowest BCUT2D eigenvalue weighted by molar-refractivity contribution is -0.119. The number of hydrazone groups is 1. The van der Waals surface area contributed by atoms with Crippen molar-refractivity contribution in [3.8, 4) is 5.75 Å². The van der Waals surface area contributed by atoms with Gasteiger partial charge in [0.25, 0.3) is 15.9 Å². The quantitative estimate of drug-likeness (QED) is 0.380. The van der Waals surface area contributed by atoms with E-state index < -0.39 is 22.5 Å². The maximum Gasteiger partial charge on any atom is 0.264 e. The Bertz CT molecular complexity index is 1260. The van der Waals surface area contributed by atoms with Crippen LogP contribution < -0.4 is 14.5 Å². The fourth-order valence-electron chi connectivity index (χ4n) is 3.03. The van der Waals surface area contributed by atoms with Gasteiger partial charge >= 0.3 is 0 Å². The van der Waals surface area contributed by atoms with Crippen LogP contribution in [0.1, 0.15) is 16.7 Å². The smallest absolute Gasteiger partial charge is 0.264 e. The highest BCUT2D eigenvalue weighted by Gasteiger charge is 2.29. The Kier molecular flexibility index (Phi) is 7.73. The molecule has 0 bridgehead atoms. The molecule has 0 heterocycles. The van der Waals surface area contributed by atoms with E-state index in [9.17, 15) is 13.2 Å². The Morgan fingerprint density at radius 3 is 2.30 bits per heavy atom. The number of ether oxygens (including phenoxy) is 1. The molecule has 3 rings (SSSR count). The molecule has 3 aromatic rings. The first-order chi connectivity index (χ1) is 15.7. The van der Waals surface area contributed by atoms with Gasteiger partial charge in [-0.3, -0.25) is 9.10 Å². The Balaban J connectivity index is 1.92. The number of carbonyl (C=O) groups is 1. The van der Waals surface area contributed by atoms with Gasteiger partial charge in [0.2, 0.25) is 0 Å². The summed E-state index contributed by atoms with van der Waals surface area (Å²) in [6, 6.07) is 18.4. The monoisotopic (exact) mass is 485 g/mol. The number of methoxy groups -OCH3 is 1. The molecule has 33 heavy (non-hydrogen) atoms. The van der Waals surface area contributed by atoms with Gasteiger partial charge in [-0.2, -0.15) is 5.10 Å². The Morgan fingerprint density at radius 2 is 1.67 bits per heavy atom. The van der Waals surface area contributed by atoms with Crippen LogP contribution in [0.2, 0.25) is 5.02 Å². The number of sulfonamides is 1. The van der Waals surface area contributed by atoms with E-state index in [1.165, 1.54) is 25.5 Å². The van der Waals surface area contributed by atoms with Gasteiger partial charge in [-0.15, -0.1) is 0 Å². The lowest BCUT2D eigenvalue weighted by Gasteiger charge is -2.25. The molecule has 0 aliphatic carbocycles. The van der Waals surface area contributed by atoms with Gasteiger partial charge in [-0.25, -0.2) is 13.8 Å². The van der Waals surface area contributed by atoms with Crippen LogP contribution in [0.4, 0.5) is 5.69 Å². The van der Waals surface area contributed by atoms with Crippen molar-refractivity contribution in [3.05, 3.63) is 88.4 Å². The average molecular weight is 486 g/mol. The minimum absolute atomic E-state index is 0.0640. The molecular formula is C24H24ClN3O4S. The number of rotatable bonds is 8. The number of benzene rings is 3. The van der Waals surface area contributed by atoms with Gasteiger partial charge in [-0.1, -0.05) is 47.5 Å². The first-order valence-electron chi connectivity index (χ1n) is 10.0. The fourth-order valence-corrected chi connectivity index (χ4v) is 4.57. The number of carbonyl (C=O) groups excluding carboxylic acids is 1. The average Bonchev–Trinajstić information content (AvgIpc) is 2.79. The van der Waals surface area contributed by atoms with E-state index in [1.807, 2.05) is 13.8 Å². The first kappa shape index (κ1) is 24.3. The standard InChI is InChI=1S/C24H24ClN3O4S/c1-17-4-11-21(12-5-17)33(30,31)28(22-14-18(2)6-13-23(22)32-3)16-24(29)27-26-15-19-7-9-20(25)10-8-19/h4-15H,16H2,1-3H3,(H,27,29)/b26-15-. The highest BCUT2D eigenvalue weighted by atomic mass is 35.5. The van der Waals surface area contributed by atoms with E-state index in [0.717, 1.165) is 21.0 Å². The molecule has 1 N–H and O–H groups in total. The second-order valence-corrected chi connectivity index (χ2v) is 9.64. The van der Waals surface area contributed by atoms with Gasteiger partial charge in [0.05, 0.1) is 23.9 Å². The predicted molar refractivity (Wildman–Crippen MR) is 131 cm³/mol. The van der Waals surface area contributed by atoms with Gasteiger partial charge in [0, 0.05) is 5.02 Å². The van der Waals surface area contributed by atoms with Gasteiger partial charge in [-0.05, 0) is 61.4 Å². The number of aryl methyl sites for hydroxylation is 2. The second kappa shape index (κ2) is 10.5. The van der Waals surface area contributed by atoms with E-state index in [4.69, 9.17) is 16.3 Å². The summed E-state index contributed by atoms with van der Waals surface area (Å²) in [5.74, 6) is -0.284.